The van der Waals surface area contributed by atoms with Crippen LogP contribution in [0.1, 0.15) is 79.9 Å². The summed E-state index contributed by atoms with van der Waals surface area (Å²) < 4.78 is 33.6. The molecule has 1 saturated heterocycles. The molecule has 1 fully saturated rings. The first-order chi connectivity index (χ1) is 22.6. The number of carbonyl (C=O) groups excluding carboxylic acids is 1. The minimum Gasteiger partial charge on any atom is -0.487 e. The molecule has 0 unspecified atom stereocenters. The van der Waals surface area contributed by atoms with Crippen LogP contribution < -0.4 is 25.0 Å². The Morgan fingerprint density at radius 3 is 2.51 bits per heavy atom. The zero-order valence-corrected chi connectivity index (χ0v) is 28.7. The highest BCUT2D eigenvalue weighted by molar-refractivity contribution is 7.92. The number of ether oxygens (including phenoxy) is 1. The van der Waals surface area contributed by atoms with Crippen LogP contribution in [0.2, 0.25) is 0 Å². The Bertz CT molecular complexity index is 1610. The number of carbonyl (C=O) groups is 1. The number of sulfonamides is 1. The van der Waals surface area contributed by atoms with Crippen molar-refractivity contribution in [2.24, 2.45) is 0 Å². The number of fused-ring (bicyclic) bond motifs is 1. The highest BCUT2D eigenvalue weighted by Gasteiger charge is 2.33. The fourth-order valence-corrected chi connectivity index (χ4v) is 8.24. The van der Waals surface area contributed by atoms with Crippen LogP contribution in [0.3, 0.4) is 0 Å². The van der Waals surface area contributed by atoms with Gasteiger partial charge in [-0.05, 0) is 92.8 Å². The molecule has 47 heavy (non-hydrogen) atoms. The highest BCUT2D eigenvalue weighted by Crippen LogP contribution is 2.37. The molecule has 1 amide bonds. The predicted octanol–water partition coefficient (Wildman–Crippen LogP) is 5.42. The quantitative estimate of drug-likeness (QED) is 0.182. The lowest BCUT2D eigenvalue weighted by Crippen LogP contribution is -2.48. The van der Waals surface area contributed by atoms with Crippen molar-refractivity contribution in [1.29, 1.82) is 0 Å². The van der Waals surface area contributed by atoms with Gasteiger partial charge < -0.3 is 25.8 Å². The topological polar surface area (TPSA) is 120 Å². The highest BCUT2D eigenvalue weighted by atomic mass is 32.2. The fourth-order valence-electron chi connectivity index (χ4n) is 6.61. The van der Waals surface area contributed by atoms with E-state index >= 15 is 0 Å². The lowest BCUT2D eigenvalue weighted by atomic mass is 9.86. The number of amides is 1. The monoisotopic (exact) mass is 662 g/mol. The molecule has 10 heteroatoms. The third-order valence-electron chi connectivity index (χ3n) is 9.55. The molecule has 2 aliphatic heterocycles. The van der Waals surface area contributed by atoms with E-state index in [9.17, 15) is 18.3 Å². The first kappa shape index (κ1) is 34.7. The second-order valence-electron chi connectivity index (χ2n) is 12.8. The second kappa shape index (κ2) is 15.5. The molecule has 2 atom stereocenters. The average molecular weight is 663 g/mol. The van der Waals surface area contributed by atoms with Gasteiger partial charge >= 0.3 is 0 Å². The van der Waals surface area contributed by atoms with E-state index < -0.39 is 22.2 Å². The summed E-state index contributed by atoms with van der Waals surface area (Å²) in [4.78, 5) is 13.8. The third-order valence-corrected chi connectivity index (χ3v) is 11.4. The van der Waals surface area contributed by atoms with Crippen LogP contribution in [-0.4, -0.2) is 62.6 Å². The van der Waals surface area contributed by atoms with Gasteiger partial charge in [-0.3, -0.25) is 9.10 Å². The number of hydrogen-bond acceptors (Lipinski definition) is 7. The van der Waals surface area contributed by atoms with E-state index in [0.29, 0.717) is 49.4 Å². The van der Waals surface area contributed by atoms with Crippen molar-refractivity contribution in [3.8, 4) is 5.75 Å². The average Bonchev–Trinajstić information content (AvgIpc) is 3.08. The van der Waals surface area contributed by atoms with Crippen LogP contribution in [-0.2, 0) is 29.4 Å². The van der Waals surface area contributed by atoms with Crippen molar-refractivity contribution >= 4 is 27.3 Å². The standard InChI is InChI=1S/C37H50N4O5S/c1-4-37(5-2)17-16-29-20-28(14-15-35(29)46-37)25-38-26-34(42)33(21-27-12-8-7-9-13-27)40-36(43)30-22-31(39-6-3)24-32(23-30)41-18-10-11-19-47(41,44)45/h7-9,12-15,20,22-24,33-34,38-39,42H,4-6,10-11,16-19,21,25-26H2,1-3H3,(H,40,43)/t33-,34+/m0/s1. The Balaban J connectivity index is 1.29. The number of nitrogens with one attached hydrogen (secondary N) is 3. The maximum absolute atomic E-state index is 13.8. The van der Waals surface area contributed by atoms with Crippen molar-refractivity contribution in [3.63, 3.8) is 0 Å². The van der Waals surface area contributed by atoms with Crippen LogP contribution in [0, 0.1) is 0 Å². The van der Waals surface area contributed by atoms with Gasteiger partial charge in [0.15, 0.2) is 0 Å². The van der Waals surface area contributed by atoms with Crippen LogP contribution in [0.25, 0.3) is 0 Å². The summed E-state index contributed by atoms with van der Waals surface area (Å²) in [5, 5.41) is 21.1. The van der Waals surface area contributed by atoms with Gasteiger partial charge in [0.25, 0.3) is 5.91 Å². The summed E-state index contributed by atoms with van der Waals surface area (Å²) in [5.41, 5.74) is 4.73. The third kappa shape index (κ3) is 8.66. The Kier molecular flexibility index (Phi) is 11.5. The van der Waals surface area contributed by atoms with Crippen molar-refractivity contribution in [1.82, 2.24) is 10.6 Å². The van der Waals surface area contributed by atoms with E-state index in [1.54, 1.807) is 18.2 Å². The summed E-state index contributed by atoms with van der Waals surface area (Å²) >= 11 is 0. The van der Waals surface area contributed by atoms with E-state index in [2.05, 4.69) is 48.0 Å². The molecule has 0 spiro atoms. The Morgan fingerprint density at radius 2 is 1.79 bits per heavy atom. The number of aryl methyl sites for hydroxylation is 1. The molecule has 3 aromatic carbocycles. The number of rotatable bonds is 14. The number of nitrogens with zero attached hydrogens (tertiary/aromatic N) is 1. The minimum absolute atomic E-state index is 0.0737. The smallest absolute Gasteiger partial charge is 0.251 e. The van der Waals surface area contributed by atoms with Gasteiger partial charge in [0.05, 0.1) is 23.6 Å². The van der Waals surface area contributed by atoms with E-state index in [0.717, 1.165) is 49.0 Å². The van der Waals surface area contributed by atoms with Crippen LogP contribution >= 0.6 is 0 Å². The number of aliphatic hydroxyl groups excluding tert-OH is 1. The molecule has 0 radical (unpaired) electrons. The normalized spacial score (nSPS) is 18.0. The summed E-state index contributed by atoms with van der Waals surface area (Å²) in [6.07, 6.45) is 4.93. The van der Waals surface area contributed by atoms with E-state index in [1.165, 1.54) is 9.87 Å². The molecule has 0 bridgehead atoms. The molecule has 0 saturated carbocycles. The summed E-state index contributed by atoms with van der Waals surface area (Å²) in [5.74, 6) is 0.689. The molecule has 2 aliphatic rings. The molecule has 4 N–H and O–H groups in total. The first-order valence-corrected chi connectivity index (χ1v) is 18.7. The molecule has 0 aromatic heterocycles. The maximum Gasteiger partial charge on any atom is 0.251 e. The SMILES string of the molecule is CCNc1cc(C(=O)N[C@@H](Cc2ccccc2)[C@H](O)CNCc2ccc3c(c2)CCC(CC)(CC)O3)cc(N2CCCCS2(=O)=O)c1. The van der Waals surface area contributed by atoms with Crippen molar-refractivity contribution in [2.45, 2.75) is 90.0 Å². The van der Waals surface area contributed by atoms with Gasteiger partial charge in [-0.1, -0.05) is 56.3 Å². The molecule has 0 aliphatic carbocycles. The summed E-state index contributed by atoms with van der Waals surface area (Å²) in [7, 11) is -3.46. The fraction of sp³-hybridized carbons (Fsp3) is 0.486. The number of aliphatic hydroxyl groups is 1. The molecular weight excluding hydrogens is 612 g/mol. The van der Waals surface area contributed by atoms with E-state index in [4.69, 9.17) is 4.74 Å². The molecular formula is C37H50N4O5S. The predicted molar refractivity (Wildman–Crippen MR) is 189 cm³/mol. The molecule has 254 valence electrons. The van der Waals surface area contributed by atoms with Gasteiger partial charge in [-0.2, -0.15) is 0 Å². The number of anilines is 2. The molecule has 5 rings (SSSR count). The molecule has 2 heterocycles. The van der Waals surface area contributed by atoms with Gasteiger partial charge in [-0.25, -0.2) is 8.42 Å². The zero-order valence-electron chi connectivity index (χ0n) is 27.9. The summed E-state index contributed by atoms with van der Waals surface area (Å²) in [6, 6.07) is 20.6. The molecule has 3 aromatic rings. The lowest BCUT2D eigenvalue weighted by Gasteiger charge is -2.37. The van der Waals surface area contributed by atoms with Crippen LogP contribution in [0.5, 0.6) is 5.75 Å². The van der Waals surface area contributed by atoms with Crippen molar-refractivity contribution in [3.05, 3.63) is 89.0 Å². The number of hydrogen-bond donors (Lipinski definition) is 4. The largest absolute Gasteiger partial charge is 0.487 e. The Hall–Kier alpha value is -3.60. The van der Waals surface area contributed by atoms with Gasteiger partial charge in [0, 0.05) is 37.4 Å². The van der Waals surface area contributed by atoms with Crippen molar-refractivity contribution in [2.75, 3.05) is 35.0 Å². The summed E-state index contributed by atoms with van der Waals surface area (Å²) in [6.45, 7) is 8.17. The number of benzene rings is 3. The van der Waals surface area contributed by atoms with Gasteiger partial charge in [0.1, 0.15) is 11.4 Å². The van der Waals surface area contributed by atoms with Crippen LogP contribution in [0.15, 0.2) is 66.7 Å². The zero-order chi connectivity index (χ0) is 33.4. The first-order valence-electron chi connectivity index (χ1n) is 17.1. The van der Waals surface area contributed by atoms with Crippen molar-refractivity contribution < 1.29 is 23.1 Å². The minimum atomic E-state index is -3.46. The van der Waals surface area contributed by atoms with Crippen LogP contribution in [0.4, 0.5) is 11.4 Å². The van der Waals surface area contributed by atoms with E-state index in [-0.39, 0.29) is 23.8 Å². The lowest BCUT2D eigenvalue weighted by molar-refractivity contribution is 0.0383. The van der Waals surface area contributed by atoms with Gasteiger partial charge in [0.2, 0.25) is 10.0 Å². The second-order valence-corrected chi connectivity index (χ2v) is 14.8. The Morgan fingerprint density at radius 1 is 1.00 bits per heavy atom. The van der Waals surface area contributed by atoms with E-state index in [1.807, 2.05) is 37.3 Å². The van der Waals surface area contributed by atoms with Gasteiger partial charge in [-0.15, -0.1) is 0 Å². The Labute approximate surface area is 280 Å². The molecule has 9 nitrogen and oxygen atoms in total. The maximum atomic E-state index is 13.8.